The molecule has 1 N–H and O–H groups in total. The zero-order valence-corrected chi connectivity index (χ0v) is 15.5. The van der Waals surface area contributed by atoms with Gasteiger partial charge in [0.1, 0.15) is 5.60 Å². The number of halogens is 2. The van der Waals surface area contributed by atoms with E-state index in [2.05, 4.69) is 26.1 Å². The number of carbonyl (C=O) groups is 1. The quantitative estimate of drug-likeness (QED) is 0.804. The van der Waals surface area contributed by atoms with Gasteiger partial charge in [-0.05, 0) is 67.7 Å². The molecule has 0 aliphatic carbocycles. The zero-order chi connectivity index (χ0) is 16.3. The van der Waals surface area contributed by atoms with Crippen molar-refractivity contribution < 1.29 is 9.53 Å². The van der Waals surface area contributed by atoms with Crippen LogP contribution in [0.15, 0.2) is 22.7 Å². The first-order valence-corrected chi connectivity index (χ1v) is 8.61. The lowest BCUT2D eigenvalue weighted by molar-refractivity contribution is 0.0500. The van der Waals surface area contributed by atoms with E-state index >= 15 is 0 Å². The van der Waals surface area contributed by atoms with Crippen LogP contribution in [-0.2, 0) is 4.74 Å². The first kappa shape index (κ1) is 17.4. The molecule has 1 fully saturated rings. The second-order valence-electron chi connectivity index (χ2n) is 6.53. The lowest BCUT2D eigenvalue weighted by Gasteiger charge is -2.35. The third-order valence-corrected chi connectivity index (χ3v) is 4.26. The second kappa shape index (κ2) is 7.09. The van der Waals surface area contributed by atoms with Crippen LogP contribution in [0.2, 0.25) is 5.02 Å². The minimum Gasteiger partial charge on any atom is -0.444 e. The Labute approximate surface area is 145 Å². The van der Waals surface area contributed by atoms with Gasteiger partial charge in [-0.15, -0.1) is 0 Å². The minimum atomic E-state index is -0.475. The molecule has 1 saturated heterocycles. The number of rotatable bonds is 2. The maximum absolute atomic E-state index is 11.9. The Morgan fingerprint density at radius 2 is 2.18 bits per heavy atom. The Balaban J connectivity index is 1.98. The number of anilines is 1. The molecule has 6 heteroatoms. The van der Waals surface area contributed by atoms with Gasteiger partial charge in [0, 0.05) is 28.6 Å². The maximum atomic E-state index is 11.9. The molecule has 0 spiro atoms. The van der Waals surface area contributed by atoms with E-state index < -0.39 is 5.60 Å². The number of nitrogens with zero attached hydrogens (tertiary/aromatic N) is 1. The number of piperidine rings is 1. The van der Waals surface area contributed by atoms with Gasteiger partial charge in [-0.3, -0.25) is 0 Å². The maximum Gasteiger partial charge on any atom is 0.407 e. The molecule has 1 atom stereocenters. The fourth-order valence-corrected chi connectivity index (χ4v) is 3.46. The Kier molecular flexibility index (Phi) is 5.61. The van der Waals surface area contributed by atoms with Gasteiger partial charge in [0.05, 0.1) is 5.69 Å². The first-order valence-electron chi connectivity index (χ1n) is 7.44. The third kappa shape index (κ3) is 5.06. The average molecular weight is 390 g/mol. The molecule has 1 heterocycles. The summed E-state index contributed by atoms with van der Waals surface area (Å²) in [5, 5.41) is 3.67. The molecule has 1 aliphatic rings. The monoisotopic (exact) mass is 388 g/mol. The van der Waals surface area contributed by atoms with Gasteiger partial charge in [-0.25, -0.2) is 4.79 Å². The highest BCUT2D eigenvalue weighted by atomic mass is 79.9. The number of amides is 1. The lowest BCUT2D eigenvalue weighted by atomic mass is 10.1. The van der Waals surface area contributed by atoms with Gasteiger partial charge < -0.3 is 15.0 Å². The molecular weight excluding hydrogens is 368 g/mol. The Bertz CT molecular complexity index is 545. The Morgan fingerprint density at radius 3 is 2.82 bits per heavy atom. The highest BCUT2D eigenvalue weighted by Crippen LogP contribution is 2.31. The van der Waals surface area contributed by atoms with E-state index in [0.29, 0.717) is 5.02 Å². The van der Waals surface area contributed by atoms with Crippen LogP contribution in [0.5, 0.6) is 0 Å². The van der Waals surface area contributed by atoms with Gasteiger partial charge in [0.25, 0.3) is 0 Å². The molecule has 1 aromatic carbocycles. The molecule has 2 rings (SSSR count). The van der Waals surface area contributed by atoms with Crippen LogP contribution in [0.25, 0.3) is 0 Å². The average Bonchev–Trinajstić information content (AvgIpc) is 2.36. The van der Waals surface area contributed by atoms with Crippen LogP contribution < -0.4 is 10.2 Å². The summed E-state index contributed by atoms with van der Waals surface area (Å²) >= 11 is 9.55. The smallest absolute Gasteiger partial charge is 0.407 e. The van der Waals surface area contributed by atoms with Crippen molar-refractivity contribution in [3.63, 3.8) is 0 Å². The largest absolute Gasteiger partial charge is 0.444 e. The van der Waals surface area contributed by atoms with E-state index in [9.17, 15) is 4.79 Å². The van der Waals surface area contributed by atoms with E-state index in [1.165, 1.54) is 0 Å². The van der Waals surface area contributed by atoms with E-state index in [0.717, 1.165) is 36.1 Å². The van der Waals surface area contributed by atoms with Crippen molar-refractivity contribution in [2.45, 2.75) is 45.3 Å². The van der Waals surface area contributed by atoms with Gasteiger partial charge in [0.15, 0.2) is 0 Å². The molecule has 1 aromatic rings. The number of hydrogen-bond acceptors (Lipinski definition) is 3. The highest BCUT2D eigenvalue weighted by Gasteiger charge is 2.25. The van der Waals surface area contributed by atoms with Crippen molar-refractivity contribution in [1.29, 1.82) is 0 Å². The van der Waals surface area contributed by atoms with Crippen molar-refractivity contribution in [1.82, 2.24) is 5.32 Å². The summed E-state index contributed by atoms with van der Waals surface area (Å²) in [4.78, 5) is 14.2. The Hall–Kier alpha value is -0.940. The summed E-state index contributed by atoms with van der Waals surface area (Å²) in [6, 6.07) is 5.86. The zero-order valence-electron chi connectivity index (χ0n) is 13.2. The highest BCUT2D eigenvalue weighted by molar-refractivity contribution is 9.10. The summed E-state index contributed by atoms with van der Waals surface area (Å²) < 4.78 is 6.30. The molecule has 0 bridgehead atoms. The number of carbonyl (C=O) groups excluding carboxylic acids is 1. The Morgan fingerprint density at radius 1 is 1.45 bits per heavy atom. The van der Waals surface area contributed by atoms with Crippen molar-refractivity contribution in [3.8, 4) is 0 Å². The van der Waals surface area contributed by atoms with Gasteiger partial charge in [-0.2, -0.15) is 0 Å². The van der Waals surface area contributed by atoms with Crippen LogP contribution >= 0.6 is 27.5 Å². The van der Waals surface area contributed by atoms with Crippen molar-refractivity contribution in [2.75, 3.05) is 18.0 Å². The second-order valence-corrected chi connectivity index (χ2v) is 7.82. The number of benzene rings is 1. The number of hydrogen-bond donors (Lipinski definition) is 1. The van der Waals surface area contributed by atoms with Crippen LogP contribution in [0.4, 0.5) is 10.5 Å². The van der Waals surface area contributed by atoms with Crippen LogP contribution in [-0.4, -0.2) is 30.8 Å². The minimum absolute atomic E-state index is 0.0891. The number of alkyl carbamates (subject to hydrolysis) is 1. The van der Waals surface area contributed by atoms with E-state index in [1.807, 2.05) is 39.0 Å². The van der Waals surface area contributed by atoms with E-state index in [4.69, 9.17) is 16.3 Å². The standard InChI is InChI=1S/C16H22BrClN2O2/c1-16(2,3)22-15(21)19-12-5-4-8-20(10-12)14-7-6-11(18)9-13(14)17/h6-7,9,12H,4-5,8,10H2,1-3H3,(H,19,21)/t12-/m0/s1. The molecule has 0 unspecified atom stereocenters. The molecule has 122 valence electrons. The topological polar surface area (TPSA) is 41.6 Å². The van der Waals surface area contributed by atoms with Gasteiger partial charge >= 0.3 is 6.09 Å². The van der Waals surface area contributed by atoms with Crippen molar-refractivity contribution in [3.05, 3.63) is 27.7 Å². The number of ether oxygens (including phenoxy) is 1. The molecule has 0 radical (unpaired) electrons. The number of nitrogens with one attached hydrogen (secondary N) is 1. The molecule has 0 saturated carbocycles. The van der Waals surface area contributed by atoms with Gasteiger partial charge in [-0.1, -0.05) is 11.6 Å². The molecule has 1 amide bonds. The fourth-order valence-electron chi connectivity index (χ4n) is 2.53. The van der Waals surface area contributed by atoms with E-state index in [1.54, 1.807) is 0 Å². The van der Waals surface area contributed by atoms with Gasteiger partial charge in [0.2, 0.25) is 0 Å². The third-order valence-electron chi connectivity index (χ3n) is 3.39. The predicted octanol–water partition coefficient (Wildman–Crippen LogP) is 4.60. The summed E-state index contributed by atoms with van der Waals surface area (Å²) in [6.07, 6.45) is 1.63. The summed E-state index contributed by atoms with van der Waals surface area (Å²) in [7, 11) is 0. The van der Waals surface area contributed by atoms with Crippen molar-refractivity contribution in [2.24, 2.45) is 0 Å². The van der Waals surface area contributed by atoms with Crippen LogP contribution in [0, 0.1) is 0 Å². The van der Waals surface area contributed by atoms with Crippen LogP contribution in [0.1, 0.15) is 33.6 Å². The first-order chi connectivity index (χ1) is 10.2. The normalized spacial score (nSPS) is 19.0. The molecular formula is C16H22BrClN2O2. The molecule has 1 aliphatic heterocycles. The van der Waals surface area contributed by atoms with E-state index in [-0.39, 0.29) is 12.1 Å². The predicted molar refractivity (Wildman–Crippen MR) is 93.8 cm³/mol. The van der Waals surface area contributed by atoms with Crippen LogP contribution in [0.3, 0.4) is 0 Å². The summed E-state index contributed by atoms with van der Waals surface area (Å²) in [6.45, 7) is 7.33. The molecule has 0 aromatic heterocycles. The SMILES string of the molecule is CC(C)(C)OC(=O)N[C@H]1CCCN(c2ccc(Cl)cc2Br)C1. The summed E-state index contributed by atoms with van der Waals surface area (Å²) in [5.41, 5.74) is 0.623. The molecule has 4 nitrogen and oxygen atoms in total. The fraction of sp³-hybridized carbons (Fsp3) is 0.562. The molecule has 22 heavy (non-hydrogen) atoms. The van der Waals surface area contributed by atoms with Crippen molar-refractivity contribution >= 4 is 39.3 Å². The summed E-state index contributed by atoms with van der Waals surface area (Å²) in [5.74, 6) is 0. The lowest BCUT2D eigenvalue weighted by Crippen LogP contribution is -2.49.